The van der Waals surface area contributed by atoms with Gasteiger partial charge >= 0.3 is 12.0 Å². The zero-order chi connectivity index (χ0) is 11.3. The number of aliphatic carboxylic acids is 1. The largest absolute Gasteiger partial charge is 0.480 e. The van der Waals surface area contributed by atoms with Gasteiger partial charge in [-0.3, -0.25) is 4.79 Å². The summed E-state index contributed by atoms with van der Waals surface area (Å²) in [6.45, 7) is -0.334. The van der Waals surface area contributed by atoms with Crippen LogP contribution in [0.4, 0.5) is 4.79 Å². The van der Waals surface area contributed by atoms with Crippen molar-refractivity contribution in [3.8, 4) is 0 Å². The minimum absolute atomic E-state index is 0.0965. The number of nitrogens with one attached hydrogen (secondary N) is 2. The van der Waals surface area contributed by atoms with E-state index in [1.807, 2.05) is 0 Å². The average molecular weight is 214 g/mol. The smallest absolute Gasteiger partial charge is 0.323 e. The lowest BCUT2D eigenvalue weighted by atomic mass is 10.6. The van der Waals surface area contributed by atoms with Crippen molar-refractivity contribution in [2.24, 2.45) is 7.05 Å². The summed E-state index contributed by atoms with van der Waals surface area (Å²) < 4.78 is 0. The van der Waals surface area contributed by atoms with E-state index in [-0.39, 0.29) is 6.54 Å². The maximum Gasteiger partial charge on any atom is 0.323 e. The van der Waals surface area contributed by atoms with Gasteiger partial charge in [-0.25, -0.2) is 4.79 Å². The lowest BCUT2D eigenvalue weighted by molar-refractivity contribution is -0.135. The summed E-state index contributed by atoms with van der Waals surface area (Å²) in [6, 6.07) is -0.593. The van der Waals surface area contributed by atoms with Crippen LogP contribution in [0.15, 0.2) is 0 Å². The topological polar surface area (TPSA) is 122 Å². The van der Waals surface area contributed by atoms with E-state index in [1.54, 1.807) is 7.05 Å². The predicted octanol–water partition coefficient (Wildman–Crippen LogP) is -1.91. The monoisotopic (exact) mass is 214 g/mol. The van der Waals surface area contributed by atoms with E-state index in [0.29, 0.717) is 5.82 Å². The van der Waals surface area contributed by atoms with E-state index < -0.39 is 18.5 Å². The number of hydrogen-bond donors (Lipinski definition) is 3. The fourth-order valence-corrected chi connectivity index (χ4v) is 0.772. The Morgan fingerprint density at radius 3 is 2.73 bits per heavy atom. The van der Waals surface area contributed by atoms with E-state index in [2.05, 4.69) is 26.0 Å². The first-order valence-corrected chi connectivity index (χ1v) is 4.04. The van der Waals surface area contributed by atoms with Crippen molar-refractivity contribution in [2.75, 3.05) is 6.54 Å². The zero-order valence-corrected chi connectivity index (χ0v) is 7.97. The first-order chi connectivity index (χ1) is 7.08. The minimum atomic E-state index is -1.11. The molecule has 0 fully saturated rings. The van der Waals surface area contributed by atoms with Crippen LogP contribution in [0.1, 0.15) is 5.82 Å². The number of tetrazole rings is 1. The Balaban J connectivity index is 2.25. The number of aromatic nitrogens is 4. The van der Waals surface area contributed by atoms with Crippen molar-refractivity contribution in [1.82, 2.24) is 30.8 Å². The first-order valence-electron chi connectivity index (χ1n) is 4.04. The third kappa shape index (κ3) is 4.02. The lowest BCUT2D eigenvalue weighted by Gasteiger charge is -2.02. The normalized spacial score (nSPS) is 9.67. The molecule has 1 aromatic rings. The van der Waals surface area contributed by atoms with Gasteiger partial charge in [-0.1, -0.05) is 0 Å². The molecule has 9 nitrogen and oxygen atoms in total. The molecule has 0 saturated carbocycles. The van der Waals surface area contributed by atoms with Crippen LogP contribution in [-0.2, 0) is 18.4 Å². The van der Waals surface area contributed by atoms with E-state index in [4.69, 9.17) is 5.11 Å². The molecule has 0 atom stereocenters. The second-order valence-corrected chi connectivity index (χ2v) is 2.63. The van der Waals surface area contributed by atoms with E-state index >= 15 is 0 Å². The van der Waals surface area contributed by atoms with Gasteiger partial charge in [0.15, 0.2) is 5.82 Å². The molecule has 0 aliphatic rings. The van der Waals surface area contributed by atoms with Crippen LogP contribution < -0.4 is 10.6 Å². The SMILES string of the molecule is Cn1nnc(CNC(=O)NCC(=O)O)n1. The fraction of sp³-hybridized carbons (Fsp3) is 0.500. The van der Waals surface area contributed by atoms with Gasteiger partial charge in [0, 0.05) is 0 Å². The van der Waals surface area contributed by atoms with Crippen LogP contribution in [0.3, 0.4) is 0 Å². The van der Waals surface area contributed by atoms with Gasteiger partial charge in [0.1, 0.15) is 6.54 Å². The number of carbonyl (C=O) groups excluding carboxylic acids is 1. The Hall–Kier alpha value is -2.19. The summed E-state index contributed by atoms with van der Waals surface area (Å²) in [5, 5.41) is 23.8. The van der Waals surface area contributed by atoms with Crippen LogP contribution >= 0.6 is 0 Å². The van der Waals surface area contributed by atoms with Gasteiger partial charge < -0.3 is 15.7 Å². The fourth-order valence-electron chi connectivity index (χ4n) is 0.772. The highest BCUT2D eigenvalue weighted by Gasteiger charge is 2.05. The number of carboxylic acid groups (broad SMARTS) is 1. The van der Waals surface area contributed by atoms with Crippen LogP contribution in [0, 0.1) is 0 Å². The lowest BCUT2D eigenvalue weighted by Crippen LogP contribution is -2.38. The second-order valence-electron chi connectivity index (χ2n) is 2.63. The third-order valence-electron chi connectivity index (χ3n) is 1.36. The highest BCUT2D eigenvalue weighted by atomic mass is 16.4. The Morgan fingerprint density at radius 1 is 1.47 bits per heavy atom. The van der Waals surface area contributed by atoms with Crippen LogP contribution in [0.2, 0.25) is 0 Å². The summed E-state index contributed by atoms with van der Waals surface area (Å²) in [4.78, 5) is 22.3. The van der Waals surface area contributed by atoms with Gasteiger partial charge in [0.05, 0.1) is 13.6 Å². The molecule has 0 aromatic carbocycles. The molecule has 2 amide bonds. The predicted molar refractivity (Wildman–Crippen MR) is 46.7 cm³/mol. The van der Waals surface area contributed by atoms with Crippen molar-refractivity contribution in [2.45, 2.75) is 6.54 Å². The Labute approximate surface area is 84.5 Å². The summed E-state index contributed by atoms with van der Waals surface area (Å²) >= 11 is 0. The molecule has 0 radical (unpaired) electrons. The number of carbonyl (C=O) groups is 2. The van der Waals surface area contributed by atoms with Crippen molar-refractivity contribution in [3.63, 3.8) is 0 Å². The number of nitrogens with zero attached hydrogens (tertiary/aromatic N) is 4. The second kappa shape index (κ2) is 4.88. The van der Waals surface area contributed by atoms with Crippen molar-refractivity contribution >= 4 is 12.0 Å². The molecule has 0 bridgehead atoms. The number of hydrogen-bond acceptors (Lipinski definition) is 5. The van der Waals surface area contributed by atoms with Crippen molar-refractivity contribution < 1.29 is 14.7 Å². The van der Waals surface area contributed by atoms with E-state index in [0.717, 1.165) is 0 Å². The van der Waals surface area contributed by atoms with Crippen molar-refractivity contribution in [1.29, 1.82) is 0 Å². The molecule has 1 rings (SSSR count). The molecule has 82 valence electrons. The number of aryl methyl sites for hydroxylation is 1. The molecular formula is C6H10N6O3. The average Bonchev–Trinajstić information content (AvgIpc) is 2.58. The Morgan fingerprint density at radius 2 is 2.20 bits per heavy atom. The van der Waals surface area contributed by atoms with Gasteiger partial charge in [0.2, 0.25) is 0 Å². The molecule has 0 aliphatic carbocycles. The number of rotatable bonds is 4. The minimum Gasteiger partial charge on any atom is -0.480 e. The van der Waals surface area contributed by atoms with Crippen molar-refractivity contribution in [3.05, 3.63) is 5.82 Å². The molecule has 0 saturated heterocycles. The van der Waals surface area contributed by atoms with Crippen LogP contribution in [0.25, 0.3) is 0 Å². The molecular weight excluding hydrogens is 204 g/mol. The van der Waals surface area contributed by atoms with Crippen LogP contribution in [0.5, 0.6) is 0 Å². The first kappa shape index (κ1) is 10.9. The Kier molecular flexibility index (Phi) is 3.55. The molecule has 0 spiro atoms. The van der Waals surface area contributed by atoms with E-state index in [9.17, 15) is 9.59 Å². The number of urea groups is 1. The Bertz CT molecular complexity index is 362. The van der Waals surface area contributed by atoms with E-state index in [1.165, 1.54) is 4.80 Å². The number of carboxylic acids is 1. The summed E-state index contributed by atoms with van der Waals surface area (Å²) in [7, 11) is 1.60. The summed E-state index contributed by atoms with van der Waals surface area (Å²) in [5.41, 5.74) is 0. The highest BCUT2D eigenvalue weighted by molar-refractivity contribution is 5.79. The maximum absolute atomic E-state index is 11.0. The summed E-state index contributed by atoms with van der Waals surface area (Å²) in [5.74, 6) is -0.759. The number of amides is 2. The van der Waals surface area contributed by atoms with Gasteiger partial charge in [-0.05, 0) is 5.21 Å². The molecule has 9 heteroatoms. The zero-order valence-electron chi connectivity index (χ0n) is 7.97. The van der Waals surface area contributed by atoms with Crippen LogP contribution in [-0.4, -0.2) is 43.9 Å². The standard InChI is InChI=1S/C6H10N6O3/c1-12-10-4(9-11-12)2-7-6(15)8-3-5(13)14/h2-3H2,1H3,(H,13,14)(H2,7,8,15). The van der Waals surface area contributed by atoms with Gasteiger partial charge in [-0.2, -0.15) is 4.80 Å². The quantitative estimate of drug-likeness (QED) is 0.537. The maximum atomic E-state index is 11.0. The van der Waals surface area contributed by atoms with Gasteiger partial charge in [0.25, 0.3) is 0 Å². The van der Waals surface area contributed by atoms with Gasteiger partial charge in [-0.15, -0.1) is 10.2 Å². The molecule has 0 unspecified atom stereocenters. The molecule has 1 aromatic heterocycles. The molecule has 15 heavy (non-hydrogen) atoms. The third-order valence-corrected chi connectivity index (χ3v) is 1.36. The molecule has 0 aliphatic heterocycles. The molecule has 1 heterocycles. The summed E-state index contributed by atoms with van der Waals surface area (Å²) in [6.07, 6.45) is 0. The molecule has 3 N–H and O–H groups in total. The highest BCUT2D eigenvalue weighted by Crippen LogP contribution is 1.82.